The molecule has 0 bridgehead atoms. The van der Waals surface area contributed by atoms with Crippen molar-refractivity contribution >= 4 is 10.4 Å². The minimum absolute atomic E-state index is 0.322. The van der Waals surface area contributed by atoms with Gasteiger partial charge < -0.3 is 5.11 Å². The quantitative estimate of drug-likeness (QED) is 0.557. The lowest BCUT2D eigenvalue weighted by Gasteiger charge is -1.82. The lowest BCUT2D eigenvalue weighted by atomic mass is 10.3. The first-order valence-electron chi connectivity index (χ1n) is 3.09. The van der Waals surface area contributed by atoms with Crippen LogP contribution in [0.4, 0.5) is 0 Å². The fourth-order valence-corrected chi connectivity index (χ4v) is 0.428. The van der Waals surface area contributed by atoms with Crippen molar-refractivity contribution < 1.29 is 22.6 Å². The van der Waals surface area contributed by atoms with E-state index in [1.165, 1.54) is 0 Å². The normalized spacial score (nSPS) is 8.57. The summed E-state index contributed by atoms with van der Waals surface area (Å²) in [5, 5.41) is 15.1. The van der Waals surface area contributed by atoms with E-state index in [-0.39, 0.29) is 0 Å². The van der Waals surface area contributed by atoms with Gasteiger partial charge >= 0.3 is 10.4 Å². The molecule has 0 saturated heterocycles. The van der Waals surface area contributed by atoms with E-state index in [1.807, 2.05) is 6.07 Å². The Bertz CT molecular complexity index is 337. The van der Waals surface area contributed by atoms with Crippen LogP contribution in [0.2, 0.25) is 0 Å². The Balaban J connectivity index is 0. The highest BCUT2D eigenvalue weighted by atomic mass is 32.3. The van der Waals surface area contributed by atoms with E-state index in [1.54, 1.807) is 24.3 Å². The third-order valence-corrected chi connectivity index (χ3v) is 0.756. The zero-order chi connectivity index (χ0) is 11.6. The largest absolute Gasteiger partial charge is 0.508 e. The van der Waals surface area contributed by atoms with Crippen molar-refractivity contribution in [3.63, 3.8) is 0 Å². The van der Waals surface area contributed by atoms with Gasteiger partial charge in [0.1, 0.15) is 5.75 Å². The average Bonchev–Trinajstić information content (AvgIpc) is 2.06. The van der Waals surface area contributed by atoms with Gasteiger partial charge in [0.15, 0.2) is 0 Å². The molecule has 0 fully saturated rings. The van der Waals surface area contributed by atoms with Crippen LogP contribution < -0.4 is 0 Å². The lowest BCUT2D eigenvalue weighted by Crippen LogP contribution is -1.89. The topological polar surface area (TPSA) is 119 Å². The van der Waals surface area contributed by atoms with Crippen LogP contribution in [0.1, 0.15) is 0 Å². The summed E-state index contributed by atoms with van der Waals surface area (Å²) in [4.78, 5) is 0. The molecular weight excluding hydrogens is 210 g/mol. The number of nitriles is 1. The number of para-hydroxylation sites is 1. The average molecular weight is 219 g/mol. The number of hydrogen-bond acceptors (Lipinski definition) is 4. The second kappa shape index (κ2) is 8.00. The summed E-state index contributed by atoms with van der Waals surface area (Å²) in [7, 11) is -4.67. The Morgan fingerprint density at radius 2 is 1.36 bits per heavy atom. The van der Waals surface area contributed by atoms with Gasteiger partial charge in [-0.1, -0.05) is 18.2 Å². The van der Waals surface area contributed by atoms with Crippen molar-refractivity contribution in [1.29, 1.82) is 5.26 Å². The predicted octanol–water partition coefficient (Wildman–Crippen LogP) is 0.879. The second-order valence-corrected chi connectivity index (χ2v) is 2.68. The highest BCUT2D eigenvalue weighted by Gasteiger charge is 1.84. The van der Waals surface area contributed by atoms with Gasteiger partial charge in [-0.15, -0.1) is 0 Å². The van der Waals surface area contributed by atoms with Crippen molar-refractivity contribution in [1.82, 2.24) is 0 Å². The molecular formula is C7H9NO5S. The lowest BCUT2D eigenvalue weighted by molar-refractivity contribution is 0.381. The molecule has 1 aromatic carbocycles. The highest BCUT2D eigenvalue weighted by molar-refractivity contribution is 7.79. The van der Waals surface area contributed by atoms with Gasteiger partial charge in [0.25, 0.3) is 0 Å². The first kappa shape index (κ1) is 14.9. The zero-order valence-electron chi connectivity index (χ0n) is 6.98. The number of aromatic hydroxyl groups is 1. The van der Waals surface area contributed by atoms with Gasteiger partial charge in [-0.2, -0.15) is 8.42 Å². The fraction of sp³-hybridized carbons (Fsp3) is 0. The van der Waals surface area contributed by atoms with Gasteiger partial charge in [-0.3, -0.25) is 9.11 Å². The molecule has 78 valence electrons. The van der Waals surface area contributed by atoms with Crippen LogP contribution in [-0.4, -0.2) is 22.6 Å². The summed E-state index contributed by atoms with van der Waals surface area (Å²) >= 11 is 0. The molecule has 0 spiro atoms. The van der Waals surface area contributed by atoms with E-state index in [4.69, 9.17) is 27.9 Å². The van der Waals surface area contributed by atoms with Crippen LogP contribution in [0.3, 0.4) is 0 Å². The van der Waals surface area contributed by atoms with Crippen LogP contribution in [-0.2, 0) is 10.4 Å². The molecule has 1 aromatic rings. The van der Waals surface area contributed by atoms with Crippen molar-refractivity contribution in [2.24, 2.45) is 0 Å². The molecule has 1 rings (SSSR count). The van der Waals surface area contributed by atoms with Crippen LogP contribution in [0.25, 0.3) is 0 Å². The summed E-state index contributed by atoms with van der Waals surface area (Å²) in [5.74, 6) is 0.322. The smallest absolute Gasteiger partial charge is 0.394 e. The SMILES string of the molecule is C#N.O=S(=O)(O)O.Oc1ccccc1. The molecule has 0 aliphatic heterocycles. The Morgan fingerprint density at radius 1 is 1.07 bits per heavy atom. The van der Waals surface area contributed by atoms with E-state index >= 15 is 0 Å². The molecule has 0 aliphatic carbocycles. The maximum absolute atomic E-state index is 8.74. The van der Waals surface area contributed by atoms with Crippen molar-refractivity contribution in [2.45, 2.75) is 0 Å². The number of nitrogens with zero attached hydrogens (tertiary/aromatic N) is 1. The van der Waals surface area contributed by atoms with E-state index in [0.29, 0.717) is 5.75 Å². The number of phenolic OH excluding ortho intramolecular Hbond substituents is 1. The third-order valence-electron chi connectivity index (χ3n) is 0.756. The molecule has 0 heterocycles. The monoisotopic (exact) mass is 219 g/mol. The van der Waals surface area contributed by atoms with E-state index in [0.717, 1.165) is 0 Å². The molecule has 0 saturated carbocycles. The minimum atomic E-state index is -4.67. The maximum atomic E-state index is 8.74. The van der Waals surface area contributed by atoms with Crippen LogP contribution >= 0.6 is 0 Å². The summed E-state index contributed by atoms with van der Waals surface area (Å²) in [6.45, 7) is 3.50. The van der Waals surface area contributed by atoms with Crippen LogP contribution in [0, 0.1) is 11.8 Å². The molecule has 14 heavy (non-hydrogen) atoms. The summed E-state index contributed by atoms with van der Waals surface area (Å²) in [5.41, 5.74) is 0. The second-order valence-electron chi connectivity index (χ2n) is 1.78. The van der Waals surface area contributed by atoms with E-state index < -0.39 is 10.4 Å². The van der Waals surface area contributed by atoms with Gasteiger partial charge in [-0.05, 0) is 12.1 Å². The number of hydrogen-bond donors (Lipinski definition) is 3. The predicted molar refractivity (Wildman–Crippen MR) is 49.0 cm³/mol. The Hall–Kier alpha value is -1.62. The fourth-order valence-electron chi connectivity index (χ4n) is 0.428. The van der Waals surface area contributed by atoms with E-state index in [2.05, 4.69) is 6.57 Å². The van der Waals surface area contributed by atoms with Gasteiger partial charge in [0.05, 0.1) is 0 Å². The number of benzene rings is 1. The summed E-state index contributed by atoms with van der Waals surface area (Å²) in [6.07, 6.45) is 0. The van der Waals surface area contributed by atoms with Crippen LogP contribution in [0.5, 0.6) is 5.75 Å². The molecule has 0 unspecified atom stereocenters. The molecule has 0 radical (unpaired) electrons. The Morgan fingerprint density at radius 3 is 1.50 bits per heavy atom. The number of phenols is 1. The molecule has 0 amide bonds. The first-order valence-corrected chi connectivity index (χ1v) is 4.49. The zero-order valence-corrected chi connectivity index (χ0v) is 7.79. The van der Waals surface area contributed by atoms with Gasteiger partial charge in [0.2, 0.25) is 0 Å². The molecule has 0 atom stereocenters. The van der Waals surface area contributed by atoms with Crippen molar-refractivity contribution in [3.8, 4) is 12.3 Å². The Labute approximate surface area is 81.6 Å². The molecule has 7 heteroatoms. The Kier molecular flexibility index (Phi) is 8.50. The van der Waals surface area contributed by atoms with Crippen molar-refractivity contribution in [2.75, 3.05) is 0 Å². The summed E-state index contributed by atoms with van der Waals surface area (Å²) < 4.78 is 31.6. The van der Waals surface area contributed by atoms with Crippen LogP contribution in [0.15, 0.2) is 30.3 Å². The van der Waals surface area contributed by atoms with Crippen molar-refractivity contribution in [3.05, 3.63) is 30.3 Å². The first-order chi connectivity index (χ1) is 6.39. The third kappa shape index (κ3) is 22.4. The summed E-state index contributed by atoms with van der Waals surface area (Å²) in [6, 6.07) is 8.71. The molecule has 3 N–H and O–H groups in total. The molecule has 0 aromatic heterocycles. The molecule has 6 nitrogen and oxygen atoms in total. The van der Waals surface area contributed by atoms with Gasteiger partial charge in [-0.25, -0.2) is 5.26 Å². The number of rotatable bonds is 0. The maximum Gasteiger partial charge on any atom is 0.394 e. The molecule has 0 aliphatic rings. The highest BCUT2D eigenvalue weighted by Crippen LogP contribution is 2.02. The standard InChI is InChI=1S/C6H6O.CHN.H2O4S/c7-6-4-2-1-3-5-6;1-2;1-5(2,3)4/h1-5,7H;1H;(H2,1,2,3,4). The van der Waals surface area contributed by atoms with Gasteiger partial charge in [0, 0.05) is 6.57 Å². The minimum Gasteiger partial charge on any atom is -0.508 e. The van der Waals surface area contributed by atoms with E-state index in [9.17, 15) is 0 Å².